The smallest absolute Gasteiger partial charge is 0.136 e. The van der Waals surface area contributed by atoms with Crippen LogP contribution in [0.15, 0.2) is 162 Å². The third-order valence-corrected chi connectivity index (χ3v) is 8.54. The van der Waals surface area contributed by atoms with Gasteiger partial charge in [0.15, 0.2) is 0 Å². The van der Waals surface area contributed by atoms with Crippen LogP contribution in [0.25, 0.3) is 87.6 Å². The molecule has 0 aliphatic rings. The molecule has 43 heavy (non-hydrogen) atoms. The quantitative estimate of drug-likeness (QED) is 0.200. The topological polar surface area (TPSA) is 13.1 Å². The molecule has 0 saturated heterocycles. The molecular weight excluding hydrogens is 520 g/mol. The number of benzene rings is 8. The fourth-order valence-corrected chi connectivity index (χ4v) is 6.59. The van der Waals surface area contributed by atoms with Crippen molar-refractivity contribution in [2.45, 2.75) is 0 Å². The van der Waals surface area contributed by atoms with E-state index >= 15 is 0 Å². The molecular formula is C42H26O. The molecule has 0 amide bonds. The minimum Gasteiger partial charge on any atom is -0.456 e. The first-order valence-corrected chi connectivity index (χ1v) is 14.5. The fourth-order valence-electron chi connectivity index (χ4n) is 6.59. The lowest BCUT2D eigenvalue weighted by Crippen LogP contribution is -1.91. The van der Waals surface area contributed by atoms with Crippen LogP contribution in [-0.2, 0) is 0 Å². The summed E-state index contributed by atoms with van der Waals surface area (Å²) < 4.78 is 33.8. The van der Waals surface area contributed by atoms with E-state index in [1.54, 1.807) is 0 Å². The van der Waals surface area contributed by atoms with Crippen molar-refractivity contribution in [3.05, 3.63) is 158 Å². The normalized spacial score (nSPS) is 12.7. The first kappa shape index (κ1) is 21.1. The molecule has 8 aromatic carbocycles. The van der Waals surface area contributed by atoms with Gasteiger partial charge in [-0.25, -0.2) is 0 Å². The van der Waals surface area contributed by atoms with Crippen LogP contribution in [0.5, 0.6) is 0 Å². The van der Waals surface area contributed by atoms with Crippen LogP contribution in [0.1, 0.15) is 4.11 Å². The molecule has 0 N–H and O–H groups in total. The summed E-state index contributed by atoms with van der Waals surface area (Å²) in [6.07, 6.45) is 0. The van der Waals surface area contributed by atoms with Gasteiger partial charge in [-0.1, -0.05) is 127 Å². The molecule has 9 rings (SSSR count). The van der Waals surface area contributed by atoms with Gasteiger partial charge in [-0.15, -0.1) is 0 Å². The van der Waals surface area contributed by atoms with E-state index in [1.165, 1.54) is 21.9 Å². The molecule has 9 aromatic rings. The Balaban J connectivity index is 1.30. The monoisotopic (exact) mass is 549 g/mol. The van der Waals surface area contributed by atoms with Crippen LogP contribution in [0.3, 0.4) is 0 Å². The van der Waals surface area contributed by atoms with Gasteiger partial charge < -0.3 is 4.42 Å². The highest BCUT2D eigenvalue weighted by Gasteiger charge is 2.17. The van der Waals surface area contributed by atoms with Crippen molar-refractivity contribution in [3.63, 3.8) is 0 Å². The molecule has 1 heterocycles. The molecule has 0 unspecified atom stereocenters. The third-order valence-electron chi connectivity index (χ3n) is 8.54. The van der Waals surface area contributed by atoms with E-state index < -0.39 is 0 Å². The summed E-state index contributed by atoms with van der Waals surface area (Å²) >= 11 is 0. The van der Waals surface area contributed by atoms with Gasteiger partial charge in [0.25, 0.3) is 0 Å². The fraction of sp³-hybridized carbons (Fsp3) is 0. The molecule has 0 spiro atoms. The average Bonchev–Trinajstić information content (AvgIpc) is 3.48. The maximum atomic E-state index is 9.29. The Morgan fingerprint density at radius 1 is 0.372 bits per heavy atom. The second-order valence-corrected chi connectivity index (χ2v) is 11.0. The average molecular weight is 550 g/mol. The van der Waals surface area contributed by atoms with Crippen molar-refractivity contribution in [1.29, 1.82) is 0 Å². The van der Waals surface area contributed by atoms with E-state index in [0.29, 0.717) is 27.7 Å². The highest BCUT2D eigenvalue weighted by molar-refractivity contribution is 6.21. The predicted octanol–water partition coefficient (Wildman–Crippen LogP) is 12.0. The maximum Gasteiger partial charge on any atom is 0.136 e. The van der Waals surface area contributed by atoms with Crippen LogP contribution in [0, 0.1) is 0 Å². The largest absolute Gasteiger partial charge is 0.456 e. The van der Waals surface area contributed by atoms with E-state index in [1.807, 2.05) is 54.6 Å². The molecule has 1 heteroatoms. The minimum atomic E-state index is 0.0275. The number of rotatable bonds is 3. The number of fused-ring (bicyclic) bond motifs is 6. The second kappa shape index (κ2) is 9.44. The lowest BCUT2D eigenvalue weighted by molar-refractivity contribution is 0.669. The Morgan fingerprint density at radius 2 is 0.930 bits per heavy atom. The van der Waals surface area contributed by atoms with E-state index in [2.05, 4.69) is 84.9 Å². The minimum absolute atomic E-state index is 0.0275. The summed E-state index contributed by atoms with van der Waals surface area (Å²) in [6.45, 7) is 0. The van der Waals surface area contributed by atoms with Crippen LogP contribution < -0.4 is 0 Å². The zero-order chi connectivity index (χ0) is 30.9. The van der Waals surface area contributed by atoms with Crippen molar-refractivity contribution < 1.29 is 8.53 Å². The first-order chi connectivity index (χ1) is 22.6. The van der Waals surface area contributed by atoms with Crippen molar-refractivity contribution >= 4 is 54.3 Å². The summed E-state index contributed by atoms with van der Waals surface area (Å²) in [7, 11) is 0. The van der Waals surface area contributed by atoms with E-state index in [9.17, 15) is 1.37 Å². The van der Waals surface area contributed by atoms with Crippen LogP contribution in [0.4, 0.5) is 0 Å². The van der Waals surface area contributed by atoms with Crippen LogP contribution in [0.2, 0.25) is 0 Å². The van der Waals surface area contributed by atoms with Crippen LogP contribution in [-0.4, -0.2) is 0 Å². The molecule has 0 atom stereocenters. The lowest BCUT2D eigenvalue weighted by atomic mass is 9.85. The molecule has 0 aliphatic heterocycles. The van der Waals surface area contributed by atoms with Gasteiger partial charge in [0, 0.05) is 10.8 Å². The van der Waals surface area contributed by atoms with Gasteiger partial charge in [0.2, 0.25) is 0 Å². The summed E-state index contributed by atoms with van der Waals surface area (Å²) in [5, 5.41) is 7.94. The van der Waals surface area contributed by atoms with Crippen molar-refractivity contribution in [2.24, 2.45) is 0 Å². The SMILES string of the molecule is [2H]c1c(-c2cccc(-c3c4ccccc4c(-c4ccccc4)c4ccccc34)c2)c([2H])c2oc3cc4ccccc4cc3c2c1[2H]. The van der Waals surface area contributed by atoms with E-state index in [-0.39, 0.29) is 18.1 Å². The van der Waals surface area contributed by atoms with Gasteiger partial charge in [-0.3, -0.25) is 0 Å². The second-order valence-electron chi connectivity index (χ2n) is 11.0. The predicted molar refractivity (Wildman–Crippen MR) is 183 cm³/mol. The number of furan rings is 1. The first-order valence-electron chi connectivity index (χ1n) is 16.0. The summed E-state index contributed by atoms with van der Waals surface area (Å²) in [5.41, 5.74) is 6.55. The van der Waals surface area contributed by atoms with Gasteiger partial charge in [-0.2, -0.15) is 0 Å². The van der Waals surface area contributed by atoms with Gasteiger partial charge >= 0.3 is 0 Å². The van der Waals surface area contributed by atoms with Crippen molar-refractivity contribution in [2.75, 3.05) is 0 Å². The van der Waals surface area contributed by atoms with E-state index in [0.717, 1.165) is 38.1 Å². The van der Waals surface area contributed by atoms with Crippen molar-refractivity contribution in [3.8, 4) is 33.4 Å². The Hall–Kier alpha value is -5.66. The highest BCUT2D eigenvalue weighted by Crippen LogP contribution is 2.44. The molecule has 0 bridgehead atoms. The van der Waals surface area contributed by atoms with E-state index in [4.69, 9.17) is 7.16 Å². The molecule has 0 aliphatic carbocycles. The zero-order valence-electron chi connectivity index (χ0n) is 26.2. The van der Waals surface area contributed by atoms with Gasteiger partial charge in [-0.05, 0) is 96.0 Å². The molecule has 200 valence electrons. The van der Waals surface area contributed by atoms with Crippen LogP contribution >= 0.6 is 0 Å². The third kappa shape index (κ3) is 3.79. The number of hydrogen-bond donors (Lipinski definition) is 0. The molecule has 0 radical (unpaired) electrons. The maximum absolute atomic E-state index is 9.29. The summed E-state index contributed by atoms with van der Waals surface area (Å²) in [6, 6.07) is 47.9. The number of hydrogen-bond acceptors (Lipinski definition) is 1. The Bertz CT molecular complexity index is 2610. The summed E-state index contributed by atoms with van der Waals surface area (Å²) in [4.78, 5) is 0. The van der Waals surface area contributed by atoms with Crippen molar-refractivity contribution in [1.82, 2.24) is 0 Å². The standard InChI is InChI=1S/C42H26O/c1-2-11-27(12-3-1)41-34-17-6-8-19-36(34)42(37-20-9-7-18-35(37)41)32-16-10-15-28(23-32)31-21-22-33-38-24-29-13-4-5-14-30(29)25-40(38)43-39(33)26-31/h1-26H/i21D,22D,26D. The summed E-state index contributed by atoms with van der Waals surface area (Å²) in [5.74, 6) is 0. The molecule has 1 aromatic heterocycles. The van der Waals surface area contributed by atoms with Gasteiger partial charge in [0.05, 0.1) is 4.11 Å². The highest BCUT2D eigenvalue weighted by atomic mass is 16.3. The Labute approximate surface area is 253 Å². The molecule has 0 fully saturated rings. The Kier molecular flexibility index (Phi) is 4.63. The Morgan fingerprint density at radius 3 is 1.63 bits per heavy atom. The molecule has 0 saturated carbocycles. The zero-order valence-corrected chi connectivity index (χ0v) is 23.2. The molecule has 1 nitrogen and oxygen atoms in total. The lowest BCUT2D eigenvalue weighted by Gasteiger charge is -2.18. The van der Waals surface area contributed by atoms with Gasteiger partial charge in [0.1, 0.15) is 11.2 Å².